The fourth-order valence-corrected chi connectivity index (χ4v) is 1.77. The number of aliphatic hydroxyl groups is 1. The summed E-state index contributed by atoms with van der Waals surface area (Å²) >= 11 is 0. The number of hydrogen-bond donors (Lipinski definition) is 1. The smallest absolute Gasteiger partial charge is 0.410 e. The van der Waals surface area contributed by atoms with Crippen molar-refractivity contribution in [2.75, 3.05) is 7.05 Å². The lowest BCUT2D eigenvalue weighted by Gasteiger charge is -2.28. The van der Waals surface area contributed by atoms with Gasteiger partial charge in [0, 0.05) is 13.1 Å². The van der Waals surface area contributed by atoms with Crippen molar-refractivity contribution in [3.63, 3.8) is 0 Å². The minimum absolute atomic E-state index is 0.120. The Morgan fingerprint density at radius 1 is 1.40 bits per heavy atom. The highest BCUT2D eigenvalue weighted by atomic mass is 16.6. The summed E-state index contributed by atoms with van der Waals surface area (Å²) in [5.74, 6) is 0. The van der Waals surface area contributed by atoms with E-state index < -0.39 is 5.60 Å². The SMILES string of the molecule is CN(C(=O)OC(C)(C)C)[C@H]1CCC(O)C1. The van der Waals surface area contributed by atoms with Crippen LogP contribution < -0.4 is 0 Å². The van der Waals surface area contributed by atoms with Crippen LogP contribution in [0.2, 0.25) is 0 Å². The van der Waals surface area contributed by atoms with Crippen LogP contribution in [-0.4, -0.2) is 40.9 Å². The van der Waals surface area contributed by atoms with E-state index in [0.29, 0.717) is 6.42 Å². The van der Waals surface area contributed by atoms with Gasteiger partial charge in [-0.25, -0.2) is 4.79 Å². The molecule has 4 nitrogen and oxygen atoms in total. The zero-order valence-electron chi connectivity index (χ0n) is 9.99. The summed E-state index contributed by atoms with van der Waals surface area (Å²) in [6.45, 7) is 5.55. The highest BCUT2D eigenvalue weighted by Gasteiger charge is 2.30. The predicted molar refractivity (Wildman–Crippen MR) is 57.6 cm³/mol. The molecule has 0 aromatic carbocycles. The van der Waals surface area contributed by atoms with Crippen LogP contribution in [0.1, 0.15) is 40.0 Å². The average Bonchev–Trinajstić information content (AvgIpc) is 2.47. The van der Waals surface area contributed by atoms with E-state index in [9.17, 15) is 9.90 Å². The second kappa shape index (κ2) is 4.39. The number of carbonyl (C=O) groups is 1. The van der Waals surface area contributed by atoms with E-state index in [1.807, 2.05) is 20.8 Å². The van der Waals surface area contributed by atoms with Gasteiger partial charge in [-0.15, -0.1) is 0 Å². The molecule has 2 atom stereocenters. The molecule has 15 heavy (non-hydrogen) atoms. The Balaban J connectivity index is 2.46. The molecule has 1 saturated carbocycles. The van der Waals surface area contributed by atoms with Crippen molar-refractivity contribution in [3.05, 3.63) is 0 Å². The third-order valence-electron chi connectivity index (χ3n) is 2.61. The Morgan fingerprint density at radius 3 is 2.40 bits per heavy atom. The molecule has 1 aliphatic carbocycles. The topological polar surface area (TPSA) is 49.8 Å². The monoisotopic (exact) mass is 215 g/mol. The van der Waals surface area contributed by atoms with Gasteiger partial charge >= 0.3 is 6.09 Å². The summed E-state index contributed by atoms with van der Waals surface area (Å²) in [6, 6.07) is 0.120. The quantitative estimate of drug-likeness (QED) is 0.725. The summed E-state index contributed by atoms with van der Waals surface area (Å²) in [5.41, 5.74) is -0.456. The molecule has 0 aromatic rings. The number of carbonyl (C=O) groups excluding carboxylic acids is 1. The zero-order valence-corrected chi connectivity index (χ0v) is 9.99. The van der Waals surface area contributed by atoms with E-state index >= 15 is 0 Å². The molecule has 0 saturated heterocycles. The molecule has 0 heterocycles. The van der Waals surface area contributed by atoms with Gasteiger partial charge in [0.2, 0.25) is 0 Å². The molecule has 0 radical (unpaired) electrons. The van der Waals surface area contributed by atoms with Gasteiger partial charge < -0.3 is 14.7 Å². The second-order valence-corrected chi connectivity index (χ2v) is 5.21. The van der Waals surface area contributed by atoms with Gasteiger partial charge in [-0.3, -0.25) is 0 Å². The molecular weight excluding hydrogens is 194 g/mol. The lowest BCUT2D eigenvalue weighted by atomic mass is 10.2. The summed E-state index contributed by atoms with van der Waals surface area (Å²) in [5, 5.41) is 9.38. The molecule has 1 aliphatic rings. The minimum atomic E-state index is -0.456. The van der Waals surface area contributed by atoms with Gasteiger partial charge in [0.05, 0.1) is 6.10 Å². The summed E-state index contributed by atoms with van der Waals surface area (Å²) < 4.78 is 5.25. The van der Waals surface area contributed by atoms with Crippen molar-refractivity contribution in [2.45, 2.75) is 57.8 Å². The van der Waals surface area contributed by atoms with Crippen LogP contribution in [0.4, 0.5) is 4.79 Å². The minimum Gasteiger partial charge on any atom is -0.444 e. The Hall–Kier alpha value is -0.770. The Morgan fingerprint density at radius 2 is 2.00 bits per heavy atom. The first-order chi connectivity index (χ1) is 6.79. The third-order valence-corrected chi connectivity index (χ3v) is 2.61. The molecular formula is C11H21NO3. The number of ether oxygens (including phenoxy) is 1. The Kier molecular flexibility index (Phi) is 3.60. The zero-order chi connectivity index (χ0) is 11.6. The normalized spacial score (nSPS) is 26.5. The number of amides is 1. The van der Waals surface area contributed by atoms with E-state index in [-0.39, 0.29) is 18.2 Å². The molecule has 4 heteroatoms. The van der Waals surface area contributed by atoms with E-state index in [0.717, 1.165) is 12.8 Å². The Bertz CT molecular complexity index is 234. The van der Waals surface area contributed by atoms with Gasteiger partial charge in [0.25, 0.3) is 0 Å². The molecule has 1 N–H and O–H groups in total. The van der Waals surface area contributed by atoms with Crippen molar-refractivity contribution >= 4 is 6.09 Å². The van der Waals surface area contributed by atoms with Gasteiger partial charge in [-0.05, 0) is 40.0 Å². The Labute approximate surface area is 91.2 Å². The van der Waals surface area contributed by atoms with Crippen molar-refractivity contribution in [1.29, 1.82) is 0 Å². The van der Waals surface area contributed by atoms with Gasteiger partial charge in [0.1, 0.15) is 5.60 Å². The maximum atomic E-state index is 11.7. The van der Waals surface area contributed by atoms with Gasteiger partial charge in [0.15, 0.2) is 0 Å². The largest absolute Gasteiger partial charge is 0.444 e. The van der Waals surface area contributed by atoms with Crippen LogP contribution >= 0.6 is 0 Å². The molecule has 0 aliphatic heterocycles. The first kappa shape index (κ1) is 12.3. The second-order valence-electron chi connectivity index (χ2n) is 5.21. The van der Waals surface area contributed by atoms with E-state index in [2.05, 4.69) is 0 Å². The van der Waals surface area contributed by atoms with E-state index in [1.54, 1.807) is 11.9 Å². The van der Waals surface area contributed by atoms with Crippen LogP contribution in [0.5, 0.6) is 0 Å². The number of aliphatic hydroxyl groups excluding tert-OH is 1. The molecule has 1 fully saturated rings. The molecule has 0 spiro atoms. The first-order valence-electron chi connectivity index (χ1n) is 5.43. The van der Waals surface area contributed by atoms with Crippen LogP contribution in [0.25, 0.3) is 0 Å². The van der Waals surface area contributed by atoms with Crippen LogP contribution in [-0.2, 0) is 4.74 Å². The predicted octanol–water partition coefficient (Wildman–Crippen LogP) is 1.77. The van der Waals surface area contributed by atoms with Crippen molar-refractivity contribution in [3.8, 4) is 0 Å². The van der Waals surface area contributed by atoms with Crippen LogP contribution in [0.15, 0.2) is 0 Å². The molecule has 1 unspecified atom stereocenters. The van der Waals surface area contributed by atoms with Crippen LogP contribution in [0.3, 0.4) is 0 Å². The van der Waals surface area contributed by atoms with Crippen LogP contribution in [0, 0.1) is 0 Å². The van der Waals surface area contributed by atoms with Crippen molar-refractivity contribution < 1.29 is 14.6 Å². The van der Waals surface area contributed by atoms with E-state index in [1.165, 1.54) is 0 Å². The summed E-state index contributed by atoms with van der Waals surface area (Å²) in [6.07, 6.45) is 1.73. The molecule has 1 amide bonds. The molecule has 1 rings (SSSR count). The highest BCUT2D eigenvalue weighted by molar-refractivity contribution is 5.68. The lowest BCUT2D eigenvalue weighted by Crippen LogP contribution is -2.39. The first-order valence-corrected chi connectivity index (χ1v) is 5.43. The lowest BCUT2D eigenvalue weighted by molar-refractivity contribution is 0.0217. The summed E-state index contributed by atoms with van der Waals surface area (Å²) in [7, 11) is 1.73. The number of hydrogen-bond acceptors (Lipinski definition) is 3. The highest BCUT2D eigenvalue weighted by Crippen LogP contribution is 2.24. The number of rotatable bonds is 1. The van der Waals surface area contributed by atoms with Gasteiger partial charge in [-0.1, -0.05) is 0 Å². The fraction of sp³-hybridized carbons (Fsp3) is 0.909. The third kappa shape index (κ3) is 3.70. The molecule has 88 valence electrons. The summed E-state index contributed by atoms with van der Waals surface area (Å²) in [4.78, 5) is 13.3. The van der Waals surface area contributed by atoms with Gasteiger partial charge in [-0.2, -0.15) is 0 Å². The van der Waals surface area contributed by atoms with Crippen molar-refractivity contribution in [2.24, 2.45) is 0 Å². The molecule has 0 bridgehead atoms. The number of nitrogens with zero attached hydrogens (tertiary/aromatic N) is 1. The standard InChI is InChI=1S/C11H21NO3/c1-11(2,3)15-10(14)12(4)8-5-6-9(13)7-8/h8-9,13H,5-7H2,1-4H3/t8-,9?/m0/s1. The maximum Gasteiger partial charge on any atom is 0.410 e. The van der Waals surface area contributed by atoms with Crippen molar-refractivity contribution in [1.82, 2.24) is 4.90 Å². The average molecular weight is 215 g/mol. The molecule has 0 aromatic heterocycles. The van der Waals surface area contributed by atoms with E-state index in [4.69, 9.17) is 4.74 Å². The fourth-order valence-electron chi connectivity index (χ4n) is 1.77. The maximum absolute atomic E-state index is 11.7.